The SMILES string of the molecule is Nc1ncc(-c2cc(OCc3ccccc3)ccc2F)s1. The number of nitrogens with two attached hydrogens (primary N) is 1. The number of benzene rings is 2. The van der Waals surface area contributed by atoms with E-state index in [2.05, 4.69) is 4.98 Å². The van der Waals surface area contributed by atoms with Crippen LogP contribution in [0.15, 0.2) is 54.7 Å². The van der Waals surface area contributed by atoms with Crippen LogP contribution in [0.1, 0.15) is 5.56 Å². The molecule has 0 unspecified atom stereocenters. The van der Waals surface area contributed by atoms with E-state index in [1.807, 2.05) is 30.3 Å². The maximum atomic E-state index is 13.9. The smallest absolute Gasteiger partial charge is 0.180 e. The summed E-state index contributed by atoms with van der Waals surface area (Å²) in [7, 11) is 0. The normalized spacial score (nSPS) is 10.5. The monoisotopic (exact) mass is 300 g/mol. The standard InChI is InChI=1S/C16H13FN2OS/c17-14-7-6-12(20-10-11-4-2-1-3-5-11)8-13(14)15-9-19-16(18)21-15/h1-9H,10H2,(H2,18,19). The molecule has 0 aliphatic rings. The lowest BCUT2D eigenvalue weighted by Crippen LogP contribution is -1.95. The molecule has 3 aromatic rings. The second-order valence-electron chi connectivity index (χ2n) is 4.48. The Balaban J connectivity index is 1.81. The van der Waals surface area contributed by atoms with Crippen LogP contribution in [0, 0.1) is 5.82 Å². The quantitative estimate of drug-likeness (QED) is 0.788. The van der Waals surface area contributed by atoms with Crippen molar-refractivity contribution >= 4 is 16.5 Å². The average Bonchev–Trinajstić information content (AvgIpc) is 2.94. The molecule has 0 aliphatic heterocycles. The Labute approximate surface area is 125 Å². The van der Waals surface area contributed by atoms with Gasteiger partial charge in [-0.2, -0.15) is 0 Å². The number of halogens is 1. The zero-order valence-corrected chi connectivity index (χ0v) is 11.9. The molecule has 0 fully saturated rings. The molecule has 5 heteroatoms. The van der Waals surface area contributed by atoms with E-state index in [1.165, 1.54) is 17.4 Å². The molecule has 2 N–H and O–H groups in total. The number of nitrogens with zero attached hydrogens (tertiary/aromatic N) is 1. The fraction of sp³-hybridized carbons (Fsp3) is 0.0625. The van der Waals surface area contributed by atoms with Gasteiger partial charge >= 0.3 is 0 Å². The van der Waals surface area contributed by atoms with Crippen LogP contribution in [-0.4, -0.2) is 4.98 Å². The molecule has 1 aromatic heterocycles. The second kappa shape index (κ2) is 5.93. The molecule has 0 aliphatic carbocycles. The summed E-state index contributed by atoms with van der Waals surface area (Å²) in [6.45, 7) is 0.441. The van der Waals surface area contributed by atoms with Gasteiger partial charge in [0.2, 0.25) is 0 Å². The van der Waals surface area contributed by atoms with Crippen molar-refractivity contribution in [3.05, 3.63) is 66.1 Å². The number of rotatable bonds is 4. The van der Waals surface area contributed by atoms with Crippen molar-refractivity contribution in [1.29, 1.82) is 0 Å². The third-order valence-electron chi connectivity index (χ3n) is 2.98. The summed E-state index contributed by atoms with van der Waals surface area (Å²) < 4.78 is 19.6. The Morgan fingerprint density at radius 2 is 1.95 bits per heavy atom. The van der Waals surface area contributed by atoms with Crippen molar-refractivity contribution in [2.24, 2.45) is 0 Å². The van der Waals surface area contributed by atoms with Gasteiger partial charge in [0, 0.05) is 11.8 Å². The topological polar surface area (TPSA) is 48.1 Å². The molecule has 3 nitrogen and oxygen atoms in total. The average molecular weight is 300 g/mol. The molecule has 0 atom stereocenters. The van der Waals surface area contributed by atoms with Gasteiger partial charge in [-0.1, -0.05) is 41.7 Å². The number of thiazole rings is 1. The van der Waals surface area contributed by atoms with Crippen LogP contribution in [0.2, 0.25) is 0 Å². The van der Waals surface area contributed by atoms with E-state index in [1.54, 1.807) is 18.3 Å². The lowest BCUT2D eigenvalue weighted by atomic mass is 10.2. The highest BCUT2D eigenvalue weighted by atomic mass is 32.1. The number of hydrogen-bond donors (Lipinski definition) is 1. The van der Waals surface area contributed by atoms with Crippen molar-refractivity contribution in [2.45, 2.75) is 6.61 Å². The Kier molecular flexibility index (Phi) is 3.83. The third kappa shape index (κ3) is 3.20. The van der Waals surface area contributed by atoms with Crippen LogP contribution in [0.4, 0.5) is 9.52 Å². The number of hydrogen-bond acceptors (Lipinski definition) is 4. The summed E-state index contributed by atoms with van der Waals surface area (Å²) in [5.74, 6) is 0.299. The first kappa shape index (κ1) is 13.6. The lowest BCUT2D eigenvalue weighted by molar-refractivity contribution is 0.306. The molecule has 0 saturated heterocycles. The van der Waals surface area contributed by atoms with Gasteiger partial charge in [0.25, 0.3) is 0 Å². The molecule has 0 amide bonds. The van der Waals surface area contributed by atoms with E-state index in [4.69, 9.17) is 10.5 Å². The minimum absolute atomic E-state index is 0.314. The predicted molar refractivity (Wildman–Crippen MR) is 82.7 cm³/mol. The van der Waals surface area contributed by atoms with Gasteiger partial charge in [-0.25, -0.2) is 9.37 Å². The zero-order chi connectivity index (χ0) is 14.7. The van der Waals surface area contributed by atoms with Crippen LogP contribution < -0.4 is 10.5 Å². The molecule has 0 radical (unpaired) electrons. The highest BCUT2D eigenvalue weighted by Gasteiger charge is 2.10. The van der Waals surface area contributed by atoms with E-state index in [-0.39, 0.29) is 5.82 Å². The maximum Gasteiger partial charge on any atom is 0.180 e. The van der Waals surface area contributed by atoms with Gasteiger partial charge < -0.3 is 10.5 Å². The number of anilines is 1. The molecule has 106 valence electrons. The van der Waals surface area contributed by atoms with E-state index in [0.29, 0.717) is 27.9 Å². The predicted octanol–water partition coefficient (Wildman–Crippen LogP) is 4.11. The first-order valence-electron chi connectivity index (χ1n) is 6.40. The maximum absolute atomic E-state index is 13.9. The fourth-order valence-corrected chi connectivity index (χ4v) is 2.64. The van der Waals surface area contributed by atoms with Crippen molar-refractivity contribution in [1.82, 2.24) is 4.98 Å². The Hall–Kier alpha value is -2.40. The van der Waals surface area contributed by atoms with Crippen molar-refractivity contribution in [3.8, 4) is 16.2 Å². The molecular formula is C16H13FN2OS. The third-order valence-corrected chi connectivity index (χ3v) is 3.83. The fourth-order valence-electron chi connectivity index (χ4n) is 1.94. The van der Waals surface area contributed by atoms with Gasteiger partial charge in [-0.15, -0.1) is 0 Å². The van der Waals surface area contributed by atoms with Crippen LogP contribution in [0.3, 0.4) is 0 Å². The molecular weight excluding hydrogens is 287 g/mol. The van der Waals surface area contributed by atoms with Gasteiger partial charge in [0.05, 0.1) is 4.88 Å². The zero-order valence-electron chi connectivity index (χ0n) is 11.1. The summed E-state index contributed by atoms with van der Waals surface area (Å²) >= 11 is 1.25. The number of aromatic nitrogens is 1. The van der Waals surface area contributed by atoms with Crippen molar-refractivity contribution in [2.75, 3.05) is 5.73 Å². The van der Waals surface area contributed by atoms with Crippen molar-refractivity contribution in [3.63, 3.8) is 0 Å². The van der Waals surface area contributed by atoms with Crippen LogP contribution in [0.5, 0.6) is 5.75 Å². The number of nitrogen functional groups attached to an aromatic ring is 1. The minimum atomic E-state index is -0.314. The Morgan fingerprint density at radius 3 is 2.67 bits per heavy atom. The highest BCUT2D eigenvalue weighted by molar-refractivity contribution is 7.18. The Morgan fingerprint density at radius 1 is 1.14 bits per heavy atom. The van der Waals surface area contributed by atoms with Crippen LogP contribution in [0.25, 0.3) is 10.4 Å². The molecule has 0 bridgehead atoms. The molecule has 0 saturated carbocycles. The van der Waals surface area contributed by atoms with E-state index >= 15 is 0 Å². The summed E-state index contributed by atoms with van der Waals surface area (Å²) in [5.41, 5.74) is 7.11. The first-order chi connectivity index (χ1) is 10.2. The van der Waals surface area contributed by atoms with Gasteiger partial charge in [0.15, 0.2) is 5.13 Å². The van der Waals surface area contributed by atoms with E-state index in [0.717, 1.165) is 5.56 Å². The van der Waals surface area contributed by atoms with Gasteiger partial charge in [-0.3, -0.25) is 0 Å². The lowest BCUT2D eigenvalue weighted by Gasteiger charge is -2.08. The van der Waals surface area contributed by atoms with Crippen LogP contribution >= 0.6 is 11.3 Å². The first-order valence-corrected chi connectivity index (χ1v) is 7.22. The van der Waals surface area contributed by atoms with Crippen LogP contribution in [-0.2, 0) is 6.61 Å². The Bertz CT molecular complexity index is 743. The summed E-state index contributed by atoms with van der Waals surface area (Å²) in [4.78, 5) is 4.64. The molecule has 0 spiro atoms. The van der Waals surface area contributed by atoms with E-state index < -0.39 is 0 Å². The van der Waals surface area contributed by atoms with Gasteiger partial charge in [-0.05, 0) is 23.8 Å². The second-order valence-corrected chi connectivity index (χ2v) is 5.54. The van der Waals surface area contributed by atoms with E-state index in [9.17, 15) is 4.39 Å². The summed E-state index contributed by atoms with van der Waals surface area (Å²) in [6.07, 6.45) is 1.57. The summed E-state index contributed by atoms with van der Waals surface area (Å²) in [5, 5.41) is 0.417. The number of ether oxygens (including phenoxy) is 1. The minimum Gasteiger partial charge on any atom is -0.489 e. The molecule has 21 heavy (non-hydrogen) atoms. The molecule has 3 rings (SSSR count). The largest absolute Gasteiger partial charge is 0.489 e. The summed E-state index contributed by atoms with van der Waals surface area (Å²) in [6, 6.07) is 14.5. The molecule has 1 heterocycles. The van der Waals surface area contributed by atoms with Gasteiger partial charge in [0.1, 0.15) is 18.2 Å². The highest BCUT2D eigenvalue weighted by Crippen LogP contribution is 2.32. The molecule has 2 aromatic carbocycles. The van der Waals surface area contributed by atoms with Crippen molar-refractivity contribution < 1.29 is 9.13 Å².